The van der Waals surface area contributed by atoms with E-state index >= 15 is 0 Å². The van der Waals surface area contributed by atoms with Crippen LogP contribution in [0.5, 0.6) is 11.6 Å². The van der Waals surface area contributed by atoms with Gasteiger partial charge in [0.15, 0.2) is 0 Å². The number of hydrogen-bond acceptors (Lipinski definition) is 5. The molecule has 0 saturated heterocycles. The summed E-state index contributed by atoms with van der Waals surface area (Å²) in [4.78, 5) is 17.4. The largest absolute Gasteiger partial charge is 0.485 e. The van der Waals surface area contributed by atoms with E-state index in [1.807, 2.05) is 44.4 Å². The highest BCUT2D eigenvalue weighted by Crippen LogP contribution is 2.39. The van der Waals surface area contributed by atoms with Crippen LogP contribution in [0.15, 0.2) is 48.7 Å². The van der Waals surface area contributed by atoms with Crippen LogP contribution in [0.1, 0.15) is 54.7 Å². The standard InChI is InChI=1S/C29H33FN2O4/c1-17(29(33)34)12-19-6-7-20-9-11-26(36-27(20)13-19)21-8-10-22(23(14-21)18(2)32(3)4)24-15-28(35-5)31-16-25(24)30/h6-8,10,13-18,26H,9,11-12H2,1-5H3,(H,33,34). The van der Waals surface area contributed by atoms with E-state index in [4.69, 9.17) is 9.47 Å². The van der Waals surface area contributed by atoms with Gasteiger partial charge in [0.2, 0.25) is 5.88 Å². The third-order valence-corrected chi connectivity index (χ3v) is 7.04. The molecule has 0 amide bonds. The second-order valence-corrected chi connectivity index (χ2v) is 9.72. The zero-order valence-electron chi connectivity index (χ0n) is 21.4. The molecule has 2 aromatic carbocycles. The number of fused-ring (bicyclic) bond motifs is 1. The van der Waals surface area contributed by atoms with E-state index in [-0.39, 0.29) is 12.1 Å². The van der Waals surface area contributed by atoms with E-state index in [9.17, 15) is 14.3 Å². The Hall–Kier alpha value is -3.45. The minimum atomic E-state index is -0.808. The number of ether oxygens (including phenoxy) is 2. The van der Waals surface area contributed by atoms with Gasteiger partial charge < -0.3 is 19.5 Å². The first kappa shape index (κ1) is 25.6. The van der Waals surface area contributed by atoms with Gasteiger partial charge in [-0.2, -0.15) is 0 Å². The maximum atomic E-state index is 14.8. The molecule has 2 heterocycles. The molecule has 1 N–H and O–H groups in total. The maximum absolute atomic E-state index is 14.8. The number of carboxylic acid groups (broad SMARTS) is 1. The molecule has 7 heteroatoms. The lowest BCUT2D eigenvalue weighted by Crippen LogP contribution is -2.20. The van der Waals surface area contributed by atoms with Crippen molar-refractivity contribution in [3.63, 3.8) is 0 Å². The number of methoxy groups -OCH3 is 1. The molecular weight excluding hydrogens is 459 g/mol. The SMILES string of the molecule is COc1cc(-c2ccc(C3CCc4ccc(CC(C)C(=O)O)cc4O3)cc2C(C)N(C)C)c(F)cn1. The number of carbonyl (C=O) groups is 1. The fourth-order valence-electron chi connectivity index (χ4n) is 4.60. The molecule has 0 fully saturated rings. The van der Waals surface area contributed by atoms with E-state index in [0.29, 0.717) is 17.9 Å². The highest BCUT2D eigenvalue weighted by molar-refractivity contribution is 5.70. The molecule has 1 aliphatic rings. The number of halogens is 1. The molecule has 0 aliphatic carbocycles. The summed E-state index contributed by atoms with van der Waals surface area (Å²) in [6.07, 6.45) is 3.19. The highest BCUT2D eigenvalue weighted by Gasteiger charge is 2.25. The number of carboxylic acids is 1. The summed E-state index contributed by atoms with van der Waals surface area (Å²) < 4.78 is 26.5. The Morgan fingerprint density at radius 1 is 1.19 bits per heavy atom. The van der Waals surface area contributed by atoms with Crippen molar-refractivity contribution in [1.82, 2.24) is 9.88 Å². The van der Waals surface area contributed by atoms with Gasteiger partial charge in [-0.05, 0) is 80.2 Å². The Bertz CT molecular complexity index is 1260. The third-order valence-electron chi connectivity index (χ3n) is 7.04. The van der Waals surface area contributed by atoms with Crippen molar-refractivity contribution in [1.29, 1.82) is 0 Å². The summed E-state index contributed by atoms with van der Waals surface area (Å²) in [6.45, 7) is 3.80. The van der Waals surface area contributed by atoms with Crippen molar-refractivity contribution < 1.29 is 23.8 Å². The van der Waals surface area contributed by atoms with Gasteiger partial charge in [-0.3, -0.25) is 4.79 Å². The molecule has 0 saturated carbocycles. The number of rotatable bonds is 8. The predicted octanol–water partition coefficient (Wildman–Crippen LogP) is 5.85. The van der Waals surface area contributed by atoms with Crippen LogP contribution in [-0.4, -0.2) is 42.2 Å². The van der Waals surface area contributed by atoms with Crippen molar-refractivity contribution >= 4 is 5.97 Å². The van der Waals surface area contributed by atoms with Crippen LogP contribution in [0.3, 0.4) is 0 Å². The molecule has 0 radical (unpaired) electrons. The Morgan fingerprint density at radius 2 is 1.97 bits per heavy atom. The smallest absolute Gasteiger partial charge is 0.306 e. The summed E-state index contributed by atoms with van der Waals surface area (Å²) in [5.74, 6) is -0.506. The molecule has 0 bridgehead atoms. The maximum Gasteiger partial charge on any atom is 0.306 e. The number of hydrogen-bond donors (Lipinski definition) is 1. The Balaban J connectivity index is 1.68. The summed E-state index contributed by atoms with van der Waals surface area (Å²) in [7, 11) is 5.51. The van der Waals surface area contributed by atoms with E-state index in [2.05, 4.69) is 22.9 Å². The van der Waals surface area contributed by atoms with Crippen molar-refractivity contribution in [2.24, 2.45) is 5.92 Å². The van der Waals surface area contributed by atoms with Gasteiger partial charge in [0, 0.05) is 17.7 Å². The van der Waals surface area contributed by atoms with Crippen molar-refractivity contribution in [2.45, 2.75) is 45.3 Å². The second-order valence-electron chi connectivity index (χ2n) is 9.72. The van der Waals surface area contributed by atoms with Crippen molar-refractivity contribution in [2.75, 3.05) is 21.2 Å². The zero-order chi connectivity index (χ0) is 26.0. The number of aliphatic carboxylic acids is 1. The minimum Gasteiger partial charge on any atom is -0.485 e. The average molecular weight is 493 g/mol. The fourth-order valence-corrected chi connectivity index (χ4v) is 4.60. The first-order chi connectivity index (χ1) is 17.2. The van der Waals surface area contributed by atoms with Crippen molar-refractivity contribution in [3.8, 4) is 22.8 Å². The number of nitrogens with zero attached hydrogens (tertiary/aromatic N) is 2. The summed E-state index contributed by atoms with van der Waals surface area (Å²) in [5, 5.41) is 9.26. The average Bonchev–Trinajstić information content (AvgIpc) is 2.87. The third kappa shape index (κ3) is 5.36. The quantitative estimate of drug-likeness (QED) is 0.425. The zero-order valence-corrected chi connectivity index (χ0v) is 21.4. The van der Waals surface area contributed by atoms with Gasteiger partial charge >= 0.3 is 5.97 Å². The van der Waals surface area contributed by atoms with Crippen LogP contribution in [0, 0.1) is 11.7 Å². The Kier molecular flexibility index (Phi) is 7.59. The molecule has 1 aromatic heterocycles. The molecular formula is C29H33FN2O4. The molecule has 190 valence electrons. The van der Waals surface area contributed by atoms with Crippen LogP contribution in [0.25, 0.3) is 11.1 Å². The minimum absolute atomic E-state index is 0.0264. The van der Waals surface area contributed by atoms with Gasteiger partial charge in [-0.15, -0.1) is 0 Å². The van der Waals surface area contributed by atoms with E-state index in [1.54, 1.807) is 13.0 Å². The lowest BCUT2D eigenvalue weighted by atomic mass is 9.89. The van der Waals surface area contributed by atoms with Crippen LogP contribution >= 0.6 is 0 Å². The number of pyridine rings is 1. The van der Waals surface area contributed by atoms with Crippen LogP contribution in [-0.2, 0) is 17.6 Å². The van der Waals surface area contributed by atoms with Crippen LogP contribution in [0.4, 0.5) is 4.39 Å². The summed E-state index contributed by atoms with van der Waals surface area (Å²) in [5.41, 5.74) is 5.33. The Morgan fingerprint density at radius 3 is 2.67 bits per heavy atom. The first-order valence-corrected chi connectivity index (χ1v) is 12.2. The lowest BCUT2D eigenvalue weighted by molar-refractivity contribution is -0.141. The molecule has 3 unspecified atom stereocenters. The molecule has 6 nitrogen and oxygen atoms in total. The Labute approximate surface area is 211 Å². The fraction of sp³-hybridized carbons (Fsp3) is 0.379. The molecule has 0 spiro atoms. The van der Waals surface area contributed by atoms with Gasteiger partial charge in [-0.1, -0.05) is 31.2 Å². The molecule has 36 heavy (non-hydrogen) atoms. The number of benzene rings is 2. The molecule has 1 aliphatic heterocycles. The van der Waals surface area contributed by atoms with Gasteiger partial charge in [0.1, 0.15) is 17.7 Å². The predicted molar refractivity (Wildman–Crippen MR) is 137 cm³/mol. The number of aromatic nitrogens is 1. The highest BCUT2D eigenvalue weighted by atomic mass is 19.1. The van der Waals surface area contributed by atoms with E-state index in [1.165, 1.54) is 13.3 Å². The first-order valence-electron chi connectivity index (χ1n) is 12.2. The van der Waals surface area contributed by atoms with Gasteiger partial charge in [0.25, 0.3) is 0 Å². The van der Waals surface area contributed by atoms with Gasteiger partial charge in [-0.25, -0.2) is 9.37 Å². The van der Waals surface area contributed by atoms with E-state index < -0.39 is 17.7 Å². The molecule has 3 atom stereocenters. The van der Waals surface area contributed by atoms with E-state index in [0.717, 1.165) is 46.4 Å². The normalized spacial score (nSPS) is 16.7. The van der Waals surface area contributed by atoms with Gasteiger partial charge in [0.05, 0.1) is 19.2 Å². The van der Waals surface area contributed by atoms with Crippen LogP contribution < -0.4 is 9.47 Å². The monoisotopic (exact) mass is 492 g/mol. The lowest BCUT2D eigenvalue weighted by Gasteiger charge is -2.29. The summed E-state index contributed by atoms with van der Waals surface area (Å²) in [6, 6.07) is 13.7. The molecule has 4 rings (SSSR count). The molecule has 3 aromatic rings. The van der Waals surface area contributed by atoms with Crippen molar-refractivity contribution in [3.05, 3.63) is 76.7 Å². The van der Waals surface area contributed by atoms with Crippen LogP contribution in [0.2, 0.25) is 0 Å². The summed E-state index contributed by atoms with van der Waals surface area (Å²) >= 11 is 0. The number of aryl methyl sites for hydroxylation is 1. The second kappa shape index (κ2) is 10.7. The topological polar surface area (TPSA) is 71.9 Å².